The fourth-order valence-electron chi connectivity index (χ4n) is 0.702. The summed E-state index contributed by atoms with van der Waals surface area (Å²) in [6.07, 6.45) is -0.138. The van der Waals surface area contributed by atoms with Gasteiger partial charge in [-0.1, -0.05) is 0 Å². The normalized spacial score (nSPS) is 15.2. The molecule has 0 aliphatic rings. The van der Waals surface area contributed by atoms with Crippen LogP contribution in [0, 0.1) is 5.92 Å². The second kappa shape index (κ2) is 4.82. The van der Waals surface area contributed by atoms with Crippen molar-refractivity contribution in [1.29, 1.82) is 0 Å². The van der Waals surface area contributed by atoms with E-state index in [0.717, 1.165) is 0 Å². The van der Waals surface area contributed by atoms with Crippen LogP contribution in [-0.4, -0.2) is 29.6 Å². The van der Waals surface area contributed by atoms with E-state index in [-0.39, 0.29) is 12.2 Å². The summed E-state index contributed by atoms with van der Waals surface area (Å²) in [6.45, 7) is 0.262. The molecule has 0 heterocycles. The van der Waals surface area contributed by atoms with Gasteiger partial charge in [-0.3, -0.25) is 14.0 Å². The standard InChI is InChI=1S/C7H12FNO3/c1-4(10)6(9)2-5(3-8)7(11)12/h5-6H,2-3,9H2,1H3,(H,11,12)/i8-1. The quantitative estimate of drug-likeness (QED) is 0.616. The van der Waals surface area contributed by atoms with Gasteiger partial charge >= 0.3 is 5.97 Å². The van der Waals surface area contributed by atoms with Crippen molar-refractivity contribution in [3.8, 4) is 0 Å². The molecule has 0 aromatic rings. The highest BCUT2D eigenvalue weighted by molar-refractivity contribution is 5.82. The number of carboxylic acid groups (broad SMARTS) is 1. The highest BCUT2D eigenvalue weighted by atomic mass is 18.2. The van der Waals surface area contributed by atoms with Crippen LogP contribution >= 0.6 is 0 Å². The van der Waals surface area contributed by atoms with Crippen LogP contribution in [0.5, 0.6) is 0 Å². The van der Waals surface area contributed by atoms with E-state index in [2.05, 4.69) is 0 Å². The number of hydrogen-bond donors (Lipinski definition) is 2. The summed E-state index contributed by atoms with van der Waals surface area (Å²) in [5.74, 6) is -2.74. The molecule has 12 heavy (non-hydrogen) atoms. The van der Waals surface area contributed by atoms with Crippen molar-refractivity contribution in [3.05, 3.63) is 0 Å². The van der Waals surface area contributed by atoms with Crippen LogP contribution in [0.4, 0.5) is 4.39 Å². The van der Waals surface area contributed by atoms with Crippen molar-refractivity contribution < 1.29 is 19.1 Å². The third-order valence-corrected chi connectivity index (χ3v) is 1.60. The summed E-state index contributed by atoms with van der Waals surface area (Å²) >= 11 is 0. The molecule has 0 fully saturated rings. The number of nitrogens with two attached hydrogens (primary N) is 1. The Morgan fingerprint density at radius 2 is 2.08 bits per heavy atom. The molecule has 0 amide bonds. The minimum Gasteiger partial charge on any atom is -0.481 e. The Morgan fingerprint density at radius 1 is 1.58 bits per heavy atom. The maximum absolute atomic E-state index is 12.0. The van der Waals surface area contributed by atoms with E-state index in [1.165, 1.54) is 6.92 Å². The Bertz CT molecular complexity index is 183. The van der Waals surface area contributed by atoms with Crippen LogP contribution in [0.2, 0.25) is 0 Å². The van der Waals surface area contributed by atoms with Crippen LogP contribution in [0.15, 0.2) is 0 Å². The van der Waals surface area contributed by atoms with Crippen molar-refractivity contribution in [1.82, 2.24) is 0 Å². The van der Waals surface area contributed by atoms with E-state index in [4.69, 9.17) is 10.8 Å². The summed E-state index contributed by atoms with van der Waals surface area (Å²) in [5, 5.41) is 8.40. The van der Waals surface area contributed by atoms with Gasteiger partial charge in [-0.2, -0.15) is 0 Å². The number of aliphatic carboxylic acids is 1. The first-order chi connectivity index (χ1) is 5.49. The summed E-state index contributed by atoms with van der Waals surface area (Å²) < 4.78 is 12.0. The first kappa shape index (κ1) is 11.0. The molecule has 0 radical (unpaired) electrons. The van der Waals surface area contributed by atoms with Crippen molar-refractivity contribution in [2.75, 3.05) is 6.67 Å². The molecule has 0 bridgehead atoms. The van der Waals surface area contributed by atoms with Crippen molar-refractivity contribution in [2.24, 2.45) is 11.7 Å². The molecule has 0 saturated carbocycles. The van der Waals surface area contributed by atoms with Crippen LogP contribution in [0.3, 0.4) is 0 Å². The van der Waals surface area contributed by atoms with Gasteiger partial charge in [0.25, 0.3) is 0 Å². The highest BCUT2D eigenvalue weighted by Gasteiger charge is 2.22. The van der Waals surface area contributed by atoms with Gasteiger partial charge in [0, 0.05) is 0 Å². The number of carboxylic acids is 1. The van der Waals surface area contributed by atoms with E-state index in [9.17, 15) is 14.0 Å². The summed E-state index contributed by atoms with van der Waals surface area (Å²) in [6, 6.07) is -0.873. The topological polar surface area (TPSA) is 80.4 Å². The Kier molecular flexibility index (Phi) is 4.43. The second-order valence-electron chi connectivity index (χ2n) is 2.64. The predicted molar refractivity (Wildman–Crippen MR) is 40.4 cm³/mol. The largest absolute Gasteiger partial charge is 0.481 e. The van der Waals surface area contributed by atoms with Gasteiger partial charge in [0.1, 0.15) is 12.5 Å². The zero-order chi connectivity index (χ0) is 9.72. The molecule has 5 heteroatoms. The first-order valence-corrected chi connectivity index (χ1v) is 3.53. The number of halogens is 1. The van der Waals surface area contributed by atoms with Crippen molar-refractivity contribution in [2.45, 2.75) is 19.4 Å². The van der Waals surface area contributed by atoms with E-state index in [1.807, 2.05) is 0 Å². The van der Waals surface area contributed by atoms with Gasteiger partial charge in [0.15, 0.2) is 0 Å². The molecular weight excluding hydrogens is 164 g/mol. The molecule has 0 aromatic carbocycles. The van der Waals surface area contributed by atoms with E-state index in [0.29, 0.717) is 0 Å². The monoisotopic (exact) mass is 176 g/mol. The van der Waals surface area contributed by atoms with Gasteiger partial charge in [-0.25, -0.2) is 0 Å². The second-order valence-corrected chi connectivity index (χ2v) is 2.64. The van der Waals surface area contributed by atoms with Gasteiger partial charge in [-0.15, -0.1) is 0 Å². The third kappa shape index (κ3) is 3.43. The van der Waals surface area contributed by atoms with Crippen LogP contribution in [-0.2, 0) is 9.59 Å². The summed E-state index contributed by atoms with van der Waals surface area (Å²) in [5.41, 5.74) is 5.25. The lowest BCUT2D eigenvalue weighted by atomic mass is 10.00. The van der Waals surface area contributed by atoms with Crippen LogP contribution in [0.25, 0.3) is 0 Å². The SMILES string of the molecule is CC(=O)C(N)CC(C[18F])C(=O)O. The lowest BCUT2D eigenvalue weighted by molar-refractivity contribution is -0.142. The molecule has 0 rings (SSSR count). The third-order valence-electron chi connectivity index (χ3n) is 1.60. The predicted octanol–water partition coefficient (Wildman–Crippen LogP) is -0.0369. The average molecular weight is 176 g/mol. The lowest BCUT2D eigenvalue weighted by Gasteiger charge is -2.11. The Labute approximate surface area is 69.6 Å². The van der Waals surface area contributed by atoms with Gasteiger partial charge in [-0.05, 0) is 13.3 Å². The van der Waals surface area contributed by atoms with Crippen molar-refractivity contribution in [3.63, 3.8) is 0 Å². The van der Waals surface area contributed by atoms with E-state index in [1.54, 1.807) is 0 Å². The van der Waals surface area contributed by atoms with Crippen molar-refractivity contribution >= 4 is 11.8 Å². The summed E-state index contributed by atoms with van der Waals surface area (Å²) in [4.78, 5) is 20.9. The molecule has 0 aliphatic heterocycles. The number of ketones is 1. The number of hydrogen-bond acceptors (Lipinski definition) is 3. The molecule has 2 atom stereocenters. The van der Waals surface area contributed by atoms with Crippen LogP contribution < -0.4 is 5.73 Å². The zero-order valence-corrected chi connectivity index (χ0v) is 6.79. The number of carbonyl (C=O) groups is 2. The van der Waals surface area contributed by atoms with Gasteiger partial charge < -0.3 is 10.8 Å². The number of Topliss-reactive ketones (excluding diaryl/α,β-unsaturated/α-hetero) is 1. The molecule has 0 saturated heterocycles. The minimum atomic E-state index is -1.26. The molecule has 0 spiro atoms. The smallest absolute Gasteiger partial charge is 0.309 e. The Hall–Kier alpha value is -0.970. The minimum absolute atomic E-state index is 0.138. The fourth-order valence-corrected chi connectivity index (χ4v) is 0.702. The van der Waals surface area contributed by atoms with Crippen LogP contribution in [0.1, 0.15) is 13.3 Å². The molecular formula is C7H12FNO3. The fraction of sp³-hybridized carbons (Fsp3) is 0.714. The Balaban J connectivity index is 4.02. The summed E-state index contributed by atoms with van der Waals surface area (Å²) in [7, 11) is 0. The number of rotatable bonds is 5. The molecule has 2 unspecified atom stereocenters. The molecule has 0 aromatic heterocycles. The maximum Gasteiger partial charge on any atom is 0.309 e. The average Bonchev–Trinajstić information content (AvgIpc) is 1.98. The highest BCUT2D eigenvalue weighted by Crippen LogP contribution is 2.07. The molecule has 4 nitrogen and oxygen atoms in total. The van der Waals surface area contributed by atoms with E-state index >= 15 is 0 Å². The molecule has 70 valence electrons. The number of carbonyl (C=O) groups excluding carboxylic acids is 1. The van der Waals surface area contributed by atoms with Gasteiger partial charge in [0.2, 0.25) is 0 Å². The maximum atomic E-state index is 12.0. The lowest BCUT2D eigenvalue weighted by Crippen LogP contribution is -2.33. The number of alkyl halides is 1. The van der Waals surface area contributed by atoms with E-state index < -0.39 is 24.6 Å². The Morgan fingerprint density at radius 3 is 2.33 bits per heavy atom. The first-order valence-electron chi connectivity index (χ1n) is 3.53. The molecule has 0 aliphatic carbocycles. The zero-order valence-electron chi connectivity index (χ0n) is 6.79. The molecule has 3 N–H and O–H groups in total. The van der Waals surface area contributed by atoms with Gasteiger partial charge in [0.05, 0.1) is 12.0 Å².